The van der Waals surface area contributed by atoms with Gasteiger partial charge in [0.15, 0.2) is 0 Å². The molecule has 3 N–H and O–H groups in total. The predicted molar refractivity (Wildman–Crippen MR) is 111 cm³/mol. The highest BCUT2D eigenvalue weighted by Gasteiger charge is 2.28. The number of nitrogens with two attached hydrogens (primary N) is 1. The summed E-state index contributed by atoms with van der Waals surface area (Å²) >= 11 is 0. The van der Waals surface area contributed by atoms with Crippen LogP contribution in [0.15, 0.2) is 42.5 Å². The van der Waals surface area contributed by atoms with E-state index in [1.54, 1.807) is 18.2 Å². The van der Waals surface area contributed by atoms with Crippen LogP contribution in [0.2, 0.25) is 0 Å². The van der Waals surface area contributed by atoms with Gasteiger partial charge in [0.1, 0.15) is 0 Å². The second kappa shape index (κ2) is 8.63. The fraction of sp³-hybridized carbons (Fsp3) is 0.316. The Hall–Kier alpha value is -2.25. The normalized spacial score (nSPS) is 15.2. The Bertz CT molecular complexity index is 914. The van der Waals surface area contributed by atoms with Gasteiger partial charge in [0.25, 0.3) is 5.91 Å². The first-order valence-electron chi connectivity index (χ1n) is 8.60. The van der Waals surface area contributed by atoms with Crippen LogP contribution in [0.25, 0.3) is 0 Å². The van der Waals surface area contributed by atoms with E-state index in [4.69, 9.17) is 5.73 Å². The van der Waals surface area contributed by atoms with Crippen molar-refractivity contribution in [1.29, 1.82) is 0 Å². The largest absolute Gasteiger partial charge is 0.399 e. The van der Waals surface area contributed by atoms with Crippen LogP contribution in [0.4, 0.5) is 11.4 Å². The van der Waals surface area contributed by atoms with Gasteiger partial charge in [-0.05, 0) is 61.2 Å². The summed E-state index contributed by atoms with van der Waals surface area (Å²) in [7, 11) is -3.21. The molecule has 6 nitrogen and oxygen atoms in total. The summed E-state index contributed by atoms with van der Waals surface area (Å²) < 4.78 is 25.5. The van der Waals surface area contributed by atoms with Crippen molar-refractivity contribution in [3.05, 3.63) is 59.2 Å². The summed E-state index contributed by atoms with van der Waals surface area (Å²) in [6.07, 6.45) is 1.35. The fourth-order valence-electron chi connectivity index (χ4n) is 3.09. The molecule has 0 atom stereocenters. The minimum absolute atomic E-state index is 0. The highest BCUT2D eigenvalue weighted by Crippen LogP contribution is 2.26. The lowest BCUT2D eigenvalue weighted by molar-refractivity contribution is 0.0953. The van der Waals surface area contributed by atoms with E-state index in [0.29, 0.717) is 36.4 Å². The number of halogens is 1. The first-order chi connectivity index (χ1) is 12.4. The summed E-state index contributed by atoms with van der Waals surface area (Å²) in [5.74, 6) is 0.0214. The van der Waals surface area contributed by atoms with Gasteiger partial charge in [0.05, 0.1) is 11.4 Å². The maximum atomic E-state index is 12.4. The number of nitrogens with one attached hydrogen (secondary N) is 1. The van der Waals surface area contributed by atoms with E-state index in [1.807, 2.05) is 31.2 Å². The molecule has 3 rings (SSSR count). The Kier molecular flexibility index (Phi) is 6.73. The van der Waals surface area contributed by atoms with E-state index in [2.05, 4.69) is 5.32 Å². The number of amides is 1. The van der Waals surface area contributed by atoms with E-state index >= 15 is 0 Å². The zero-order chi connectivity index (χ0) is 18.7. The summed E-state index contributed by atoms with van der Waals surface area (Å²) in [5, 5.41) is 2.91. The van der Waals surface area contributed by atoms with Crippen LogP contribution in [0, 0.1) is 6.92 Å². The van der Waals surface area contributed by atoms with Crippen molar-refractivity contribution in [2.24, 2.45) is 0 Å². The van der Waals surface area contributed by atoms with E-state index in [0.717, 1.165) is 17.5 Å². The van der Waals surface area contributed by atoms with Crippen molar-refractivity contribution in [3.63, 3.8) is 0 Å². The lowest BCUT2D eigenvalue weighted by atomic mass is 10.1. The number of rotatable bonds is 5. The number of nitrogens with zero attached hydrogens (tertiary/aromatic N) is 1. The maximum absolute atomic E-state index is 12.4. The molecule has 2 aromatic rings. The number of carbonyl (C=O) groups is 1. The third-order valence-electron chi connectivity index (χ3n) is 4.52. The quantitative estimate of drug-likeness (QED) is 0.742. The van der Waals surface area contributed by atoms with Crippen molar-refractivity contribution in [1.82, 2.24) is 5.32 Å². The lowest BCUT2D eigenvalue weighted by Gasteiger charge is -2.18. The third-order valence-corrected chi connectivity index (χ3v) is 6.39. The molecule has 1 fully saturated rings. The Morgan fingerprint density at radius 2 is 1.89 bits per heavy atom. The lowest BCUT2D eigenvalue weighted by Crippen LogP contribution is -2.27. The predicted octanol–water partition coefficient (Wildman–Crippen LogP) is 2.51. The summed E-state index contributed by atoms with van der Waals surface area (Å²) in [4.78, 5) is 12.4. The zero-order valence-electron chi connectivity index (χ0n) is 15.1. The number of sulfonamides is 1. The molecule has 1 heterocycles. The number of aryl methyl sites for hydroxylation is 1. The van der Waals surface area contributed by atoms with Gasteiger partial charge in [-0.3, -0.25) is 9.10 Å². The van der Waals surface area contributed by atoms with Gasteiger partial charge in [-0.1, -0.05) is 12.1 Å². The summed E-state index contributed by atoms with van der Waals surface area (Å²) in [5.41, 5.74) is 9.42. The second-order valence-corrected chi connectivity index (χ2v) is 8.50. The van der Waals surface area contributed by atoms with E-state index in [-0.39, 0.29) is 24.1 Å². The Morgan fingerprint density at radius 3 is 2.48 bits per heavy atom. The molecular weight excluding hydrogens is 386 g/mol. The molecule has 146 valence electrons. The van der Waals surface area contributed by atoms with Gasteiger partial charge in [0, 0.05) is 24.3 Å². The topological polar surface area (TPSA) is 92.5 Å². The molecule has 0 radical (unpaired) electrons. The average molecular weight is 410 g/mol. The minimum Gasteiger partial charge on any atom is -0.399 e. The first-order valence-corrected chi connectivity index (χ1v) is 10.2. The molecule has 1 amide bonds. The van der Waals surface area contributed by atoms with Gasteiger partial charge in [-0.25, -0.2) is 8.42 Å². The molecule has 0 aromatic heterocycles. The molecule has 8 heteroatoms. The molecule has 1 aliphatic heterocycles. The number of hydrogen-bond donors (Lipinski definition) is 2. The molecule has 0 saturated carbocycles. The van der Waals surface area contributed by atoms with Gasteiger partial charge in [-0.2, -0.15) is 0 Å². The van der Waals surface area contributed by atoms with Gasteiger partial charge >= 0.3 is 0 Å². The molecule has 0 unspecified atom stereocenters. The summed E-state index contributed by atoms with van der Waals surface area (Å²) in [6, 6.07) is 12.7. The fourth-order valence-corrected chi connectivity index (χ4v) is 4.64. The van der Waals surface area contributed by atoms with Crippen LogP contribution >= 0.6 is 12.4 Å². The molecule has 0 bridgehead atoms. The van der Waals surface area contributed by atoms with Crippen LogP contribution in [0.5, 0.6) is 0 Å². The van der Waals surface area contributed by atoms with Crippen LogP contribution in [-0.2, 0) is 16.4 Å². The highest BCUT2D eigenvalue weighted by molar-refractivity contribution is 7.93. The zero-order valence-corrected chi connectivity index (χ0v) is 16.8. The molecule has 0 aliphatic carbocycles. The summed E-state index contributed by atoms with van der Waals surface area (Å²) in [6.45, 7) is 2.83. The molecule has 1 saturated heterocycles. The van der Waals surface area contributed by atoms with Crippen molar-refractivity contribution >= 4 is 39.7 Å². The average Bonchev–Trinajstić information content (AvgIpc) is 2.95. The second-order valence-electron chi connectivity index (χ2n) is 6.49. The first kappa shape index (κ1) is 21.1. The molecule has 0 spiro atoms. The third kappa shape index (κ3) is 4.93. The van der Waals surface area contributed by atoms with E-state index < -0.39 is 10.0 Å². The van der Waals surface area contributed by atoms with Crippen molar-refractivity contribution < 1.29 is 13.2 Å². The van der Waals surface area contributed by atoms with Crippen LogP contribution in [0.1, 0.15) is 27.9 Å². The molecule has 2 aromatic carbocycles. The number of hydrogen-bond acceptors (Lipinski definition) is 4. The monoisotopic (exact) mass is 409 g/mol. The molecule has 27 heavy (non-hydrogen) atoms. The number of nitrogen functional groups attached to an aromatic ring is 1. The molecular formula is C19H24ClN3O3S. The minimum atomic E-state index is -3.21. The van der Waals surface area contributed by atoms with Crippen LogP contribution in [0.3, 0.4) is 0 Å². The van der Waals surface area contributed by atoms with E-state index in [9.17, 15) is 13.2 Å². The highest BCUT2D eigenvalue weighted by atomic mass is 35.5. The smallest absolute Gasteiger partial charge is 0.251 e. The van der Waals surface area contributed by atoms with Crippen LogP contribution < -0.4 is 15.4 Å². The van der Waals surface area contributed by atoms with Gasteiger partial charge in [-0.15, -0.1) is 12.4 Å². The van der Waals surface area contributed by atoms with Crippen molar-refractivity contribution in [2.75, 3.05) is 28.9 Å². The van der Waals surface area contributed by atoms with Crippen molar-refractivity contribution in [2.45, 2.75) is 19.8 Å². The Morgan fingerprint density at radius 1 is 1.19 bits per heavy atom. The molecule has 1 aliphatic rings. The van der Waals surface area contributed by atoms with Crippen molar-refractivity contribution in [3.8, 4) is 0 Å². The maximum Gasteiger partial charge on any atom is 0.251 e. The number of carbonyl (C=O) groups excluding carboxylic acids is 1. The standard InChI is InChI=1S/C19H23N3O3S.ClH/c1-14-13-17(22-11-2-12-26(22,24)25)7-8-18(14)19(23)21-10-9-15-3-5-16(20)6-4-15;/h3-8,13H,2,9-12,20H2,1H3,(H,21,23);1H. The number of benzene rings is 2. The van der Waals surface area contributed by atoms with Gasteiger partial charge < -0.3 is 11.1 Å². The Labute approximate surface area is 166 Å². The SMILES string of the molecule is Cc1cc(N2CCCS2(=O)=O)ccc1C(=O)NCCc1ccc(N)cc1.Cl. The van der Waals surface area contributed by atoms with Gasteiger partial charge in [0.2, 0.25) is 10.0 Å². The number of anilines is 2. The Balaban J connectivity index is 0.00000261. The van der Waals surface area contributed by atoms with E-state index in [1.165, 1.54) is 4.31 Å². The van der Waals surface area contributed by atoms with Crippen LogP contribution in [-0.4, -0.2) is 33.2 Å².